The first-order valence-electron chi connectivity index (χ1n) is 6.01. The fraction of sp³-hybridized carbons (Fsp3) is 0.214. The third kappa shape index (κ3) is 5.69. The van der Waals surface area contributed by atoms with Crippen LogP contribution < -0.4 is 10.6 Å². The molecule has 104 valence electrons. The van der Waals surface area contributed by atoms with E-state index in [0.717, 1.165) is 5.56 Å². The minimum atomic E-state index is -0.946. The second-order valence-corrected chi connectivity index (χ2v) is 3.94. The summed E-state index contributed by atoms with van der Waals surface area (Å²) in [5.74, 6) is -1.45. The zero-order valence-corrected chi connectivity index (χ0v) is 10.8. The van der Waals surface area contributed by atoms with Gasteiger partial charge in [-0.1, -0.05) is 30.3 Å². The molecule has 20 heavy (non-hydrogen) atoms. The Labute approximate surface area is 116 Å². The van der Waals surface area contributed by atoms with Crippen LogP contribution in [0.15, 0.2) is 42.1 Å². The average Bonchev–Trinajstić information content (AvgIpc) is 2.45. The third-order valence-electron chi connectivity index (χ3n) is 2.39. The van der Waals surface area contributed by atoms with Crippen LogP contribution in [-0.2, 0) is 16.1 Å². The van der Waals surface area contributed by atoms with Crippen molar-refractivity contribution in [2.45, 2.75) is 13.0 Å². The fourth-order valence-electron chi connectivity index (χ4n) is 1.38. The van der Waals surface area contributed by atoms with Gasteiger partial charge < -0.3 is 15.7 Å². The highest BCUT2D eigenvalue weighted by atomic mass is 16.4. The van der Waals surface area contributed by atoms with Crippen molar-refractivity contribution in [2.24, 2.45) is 0 Å². The molecule has 0 aliphatic carbocycles. The number of nitrogens with zero attached hydrogens (tertiary/aromatic N) is 1. The fourth-order valence-corrected chi connectivity index (χ4v) is 1.38. The average molecular weight is 273 g/mol. The highest BCUT2D eigenvalue weighted by molar-refractivity contribution is 5.97. The van der Waals surface area contributed by atoms with E-state index in [9.17, 15) is 9.59 Å². The maximum atomic E-state index is 11.7. The van der Waals surface area contributed by atoms with Crippen LogP contribution in [0.5, 0.6) is 0 Å². The number of carboxylic acid groups (broad SMARTS) is 1. The molecule has 0 atom stereocenters. The maximum absolute atomic E-state index is 11.7. The summed E-state index contributed by atoms with van der Waals surface area (Å²) in [5, 5.41) is 22.6. The molecule has 0 heterocycles. The van der Waals surface area contributed by atoms with Gasteiger partial charge in [0.25, 0.3) is 5.91 Å². The number of benzene rings is 1. The van der Waals surface area contributed by atoms with Crippen molar-refractivity contribution in [2.75, 3.05) is 6.54 Å². The maximum Gasteiger partial charge on any atom is 0.305 e. The van der Waals surface area contributed by atoms with Gasteiger partial charge in [-0.2, -0.15) is 5.26 Å². The normalized spacial score (nSPS) is 10.4. The molecule has 0 saturated carbocycles. The van der Waals surface area contributed by atoms with Gasteiger partial charge in [0.1, 0.15) is 11.6 Å². The Morgan fingerprint density at radius 1 is 1.30 bits per heavy atom. The lowest BCUT2D eigenvalue weighted by Crippen LogP contribution is -2.25. The van der Waals surface area contributed by atoms with Gasteiger partial charge in [-0.05, 0) is 5.56 Å². The molecular formula is C14H15N3O3. The van der Waals surface area contributed by atoms with E-state index < -0.39 is 11.9 Å². The Morgan fingerprint density at radius 2 is 2.00 bits per heavy atom. The molecule has 0 unspecified atom stereocenters. The molecule has 3 N–H and O–H groups in total. The summed E-state index contributed by atoms with van der Waals surface area (Å²) in [6.07, 6.45) is 1.14. The van der Waals surface area contributed by atoms with E-state index in [0.29, 0.717) is 6.54 Å². The molecule has 0 fully saturated rings. The van der Waals surface area contributed by atoms with Crippen LogP contribution in [0, 0.1) is 11.3 Å². The van der Waals surface area contributed by atoms with Gasteiger partial charge in [0.15, 0.2) is 0 Å². The first kappa shape index (κ1) is 15.2. The molecule has 0 saturated heterocycles. The lowest BCUT2D eigenvalue weighted by Gasteiger charge is -2.04. The van der Waals surface area contributed by atoms with Crippen molar-refractivity contribution in [3.8, 4) is 6.07 Å². The summed E-state index contributed by atoms with van der Waals surface area (Å²) >= 11 is 0. The first-order chi connectivity index (χ1) is 9.63. The topological polar surface area (TPSA) is 102 Å². The Bertz CT molecular complexity index is 532. The predicted octanol–water partition coefficient (Wildman–Crippen LogP) is 0.775. The van der Waals surface area contributed by atoms with Crippen molar-refractivity contribution in [3.05, 3.63) is 47.7 Å². The SMILES string of the molecule is N#C/C(=C/NCCC(=O)O)C(=O)NCc1ccccc1. The molecule has 0 aliphatic rings. The van der Waals surface area contributed by atoms with Crippen molar-refractivity contribution in [1.82, 2.24) is 10.6 Å². The number of hydrogen-bond acceptors (Lipinski definition) is 4. The van der Waals surface area contributed by atoms with Crippen molar-refractivity contribution in [3.63, 3.8) is 0 Å². The van der Waals surface area contributed by atoms with Crippen LogP contribution in [0.3, 0.4) is 0 Å². The molecule has 1 aromatic carbocycles. The van der Waals surface area contributed by atoms with Gasteiger partial charge in [-0.25, -0.2) is 0 Å². The van der Waals surface area contributed by atoms with Gasteiger partial charge in [0, 0.05) is 19.3 Å². The minimum Gasteiger partial charge on any atom is -0.481 e. The van der Waals surface area contributed by atoms with Crippen LogP contribution in [0.25, 0.3) is 0 Å². The number of carbonyl (C=O) groups excluding carboxylic acids is 1. The standard InChI is InChI=1S/C14H15N3O3/c15-8-12(10-16-7-6-13(18)19)14(20)17-9-11-4-2-1-3-5-11/h1-5,10,16H,6-7,9H2,(H,17,20)(H,18,19)/b12-10-. The number of carboxylic acids is 1. The van der Waals surface area contributed by atoms with Gasteiger partial charge in [-0.15, -0.1) is 0 Å². The lowest BCUT2D eigenvalue weighted by atomic mass is 10.2. The number of carbonyl (C=O) groups is 2. The minimum absolute atomic E-state index is 0.0825. The van der Waals surface area contributed by atoms with Crippen LogP contribution in [0.4, 0.5) is 0 Å². The molecule has 6 heteroatoms. The molecule has 1 aromatic rings. The van der Waals surface area contributed by atoms with E-state index >= 15 is 0 Å². The van der Waals surface area contributed by atoms with E-state index in [1.165, 1.54) is 6.20 Å². The number of nitriles is 1. The van der Waals surface area contributed by atoms with Crippen LogP contribution in [0.2, 0.25) is 0 Å². The lowest BCUT2D eigenvalue weighted by molar-refractivity contribution is -0.136. The van der Waals surface area contributed by atoms with Crippen LogP contribution in [-0.4, -0.2) is 23.5 Å². The van der Waals surface area contributed by atoms with Gasteiger partial charge in [0.2, 0.25) is 0 Å². The van der Waals surface area contributed by atoms with Crippen molar-refractivity contribution >= 4 is 11.9 Å². The van der Waals surface area contributed by atoms with Crippen LogP contribution >= 0.6 is 0 Å². The zero-order chi connectivity index (χ0) is 14.8. The Balaban J connectivity index is 2.44. The van der Waals surface area contributed by atoms with Crippen molar-refractivity contribution < 1.29 is 14.7 Å². The highest BCUT2D eigenvalue weighted by Gasteiger charge is 2.08. The van der Waals surface area contributed by atoms with Gasteiger partial charge >= 0.3 is 5.97 Å². The van der Waals surface area contributed by atoms with E-state index in [-0.39, 0.29) is 18.5 Å². The highest BCUT2D eigenvalue weighted by Crippen LogP contribution is 1.98. The van der Waals surface area contributed by atoms with E-state index in [4.69, 9.17) is 10.4 Å². The number of amides is 1. The molecule has 1 rings (SSSR count). The first-order valence-corrected chi connectivity index (χ1v) is 6.01. The van der Waals surface area contributed by atoms with Crippen LogP contribution in [0.1, 0.15) is 12.0 Å². The molecular weight excluding hydrogens is 258 g/mol. The molecule has 0 radical (unpaired) electrons. The molecule has 0 spiro atoms. The summed E-state index contributed by atoms with van der Waals surface area (Å²) in [7, 11) is 0. The quantitative estimate of drug-likeness (QED) is 0.387. The second-order valence-electron chi connectivity index (χ2n) is 3.94. The van der Waals surface area contributed by atoms with E-state index in [2.05, 4.69) is 10.6 Å². The van der Waals surface area contributed by atoms with E-state index in [1.807, 2.05) is 30.3 Å². The Hall–Kier alpha value is -2.81. The smallest absolute Gasteiger partial charge is 0.305 e. The Kier molecular flexibility index (Phi) is 6.34. The Morgan fingerprint density at radius 3 is 2.60 bits per heavy atom. The summed E-state index contributed by atoms with van der Waals surface area (Å²) in [5.41, 5.74) is 0.836. The number of nitrogens with one attached hydrogen (secondary N) is 2. The van der Waals surface area contributed by atoms with Gasteiger partial charge in [-0.3, -0.25) is 9.59 Å². The molecule has 0 aromatic heterocycles. The second kappa shape index (κ2) is 8.32. The number of rotatable bonds is 7. The molecule has 0 aliphatic heterocycles. The van der Waals surface area contributed by atoms with Crippen molar-refractivity contribution in [1.29, 1.82) is 5.26 Å². The molecule has 6 nitrogen and oxygen atoms in total. The largest absolute Gasteiger partial charge is 0.481 e. The number of hydrogen-bond donors (Lipinski definition) is 3. The predicted molar refractivity (Wildman–Crippen MR) is 72.2 cm³/mol. The van der Waals surface area contributed by atoms with E-state index in [1.54, 1.807) is 6.07 Å². The summed E-state index contributed by atoms with van der Waals surface area (Å²) in [6.45, 7) is 0.486. The molecule has 0 bridgehead atoms. The number of aliphatic carboxylic acids is 1. The monoisotopic (exact) mass is 273 g/mol. The third-order valence-corrected chi connectivity index (χ3v) is 2.39. The molecule has 1 amide bonds. The summed E-state index contributed by atoms with van der Waals surface area (Å²) in [4.78, 5) is 22.0. The summed E-state index contributed by atoms with van der Waals surface area (Å²) in [6, 6.07) is 11.1. The summed E-state index contributed by atoms with van der Waals surface area (Å²) < 4.78 is 0. The van der Waals surface area contributed by atoms with Gasteiger partial charge in [0.05, 0.1) is 6.42 Å². The zero-order valence-electron chi connectivity index (χ0n) is 10.8.